The van der Waals surface area contributed by atoms with Crippen LogP contribution in [0.15, 0.2) is 47.4 Å². The van der Waals surface area contributed by atoms with Crippen molar-refractivity contribution in [3.8, 4) is 5.75 Å². The number of ether oxygens (including phenoxy) is 1. The van der Waals surface area contributed by atoms with Crippen molar-refractivity contribution in [3.63, 3.8) is 0 Å². The van der Waals surface area contributed by atoms with E-state index in [4.69, 9.17) is 9.88 Å². The number of aryl methyl sites for hydroxylation is 2. The molecule has 0 fully saturated rings. The van der Waals surface area contributed by atoms with Crippen molar-refractivity contribution >= 4 is 15.9 Å². The number of carbonyl (C=O) groups is 1. The Morgan fingerprint density at radius 1 is 1.30 bits per heavy atom. The van der Waals surface area contributed by atoms with Crippen LogP contribution in [0.4, 0.5) is 0 Å². The second kappa shape index (κ2) is 7.70. The van der Waals surface area contributed by atoms with Crippen LogP contribution in [0.5, 0.6) is 5.75 Å². The molecule has 0 radical (unpaired) electrons. The predicted molar refractivity (Wildman–Crippen MR) is 103 cm³/mol. The minimum Gasteiger partial charge on any atom is -0.480 e. The van der Waals surface area contributed by atoms with Gasteiger partial charge in [-0.15, -0.1) is 0 Å². The summed E-state index contributed by atoms with van der Waals surface area (Å²) in [5.41, 5.74) is 2.98. The summed E-state index contributed by atoms with van der Waals surface area (Å²) in [5.74, 6) is 0.547. The third-order valence-corrected chi connectivity index (χ3v) is 5.68. The standard InChI is InChI=1S/C20H24N2O4S/c1-3-17(14-5-4-6-16(12-14)27(21,24)25)22-20(23)19-10-8-15-11-13(2)7-9-18(15)26-19/h4-7,9,11-12,17,19H,3,8,10H2,1-2H3,(H,22,23)(H2,21,24,25). The SMILES string of the molecule is CCC(NC(=O)C1CCc2cc(C)ccc2O1)c1cccc(S(N)(=O)=O)c1. The highest BCUT2D eigenvalue weighted by atomic mass is 32.2. The first-order valence-corrected chi connectivity index (χ1v) is 10.5. The molecule has 7 heteroatoms. The molecule has 144 valence electrons. The molecule has 2 aromatic rings. The predicted octanol–water partition coefficient (Wildman–Crippen LogP) is 2.60. The maximum atomic E-state index is 12.7. The molecule has 0 aromatic heterocycles. The molecule has 0 aliphatic carbocycles. The third-order valence-electron chi connectivity index (χ3n) is 4.77. The van der Waals surface area contributed by atoms with Crippen LogP contribution in [0, 0.1) is 6.92 Å². The molecule has 1 amide bonds. The van der Waals surface area contributed by atoms with Crippen LogP contribution in [-0.2, 0) is 21.2 Å². The van der Waals surface area contributed by atoms with E-state index in [1.165, 1.54) is 17.7 Å². The molecule has 6 nitrogen and oxygen atoms in total. The number of carbonyl (C=O) groups excluding carboxylic acids is 1. The van der Waals surface area contributed by atoms with E-state index in [9.17, 15) is 13.2 Å². The van der Waals surface area contributed by atoms with Crippen LogP contribution in [0.25, 0.3) is 0 Å². The van der Waals surface area contributed by atoms with Gasteiger partial charge in [0.25, 0.3) is 5.91 Å². The summed E-state index contributed by atoms with van der Waals surface area (Å²) < 4.78 is 29.0. The van der Waals surface area contributed by atoms with Gasteiger partial charge >= 0.3 is 0 Å². The minimum absolute atomic E-state index is 0.0333. The first-order chi connectivity index (χ1) is 12.8. The largest absolute Gasteiger partial charge is 0.480 e. The number of rotatable bonds is 5. The topological polar surface area (TPSA) is 98.5 Å². The first-order valence-electron chi connectivity index (χ1n) is 8.97. The average Bonchev–Trinajstić information content (AvgIpc) is 2.64. The molecular formula is C20H24N2O4S. The molecule has 0 spiro atoms. The van der Waals surface area contributed by atoms with E-state index in [2.05, 4.69) is 11.4 Å². The Hall–Kier alpha value is -2.38. The van der Waals surface area contributed by atoms with E-state index in [1.54, 1.807) is 12.1 Å². The van der Waals surface area contributed by atoms with Crippen molar-refractivity contribution in [3.05, 3.63) is 59.2 Å². The molecule has 3 N–H and O–H groups in total. The van der Waals surface area contributed by atoms with E-state index in [1.807, 2.05) is 26.0 Å². The molecule has 2 aromatic carbocycles. The van der Waals surface area contributed by atoms with Gasteiger partial charge in [-0.2, -0.15) is 0 Å². The van der Waals surface area contributed by atoms with Gasteiger partial charge in [-0.25, -0.2) is 13.6 Å². The fourth-order valence-corrected chi connectivity index (χ4v) is 3.86. The number of amides is 1. The van der Waals surface area contributed by atoms with Crippen molar-refractivity contribution in [1.29, 1.82) is 0 Å². The molecular weight excluding hydrogens is 364 g/mol. The summed E-state index contributed by atoms with van der Waals surface area (Å²) in [6.07, 6.45) is 1.45. The van der Waals surface area contributed by atoms with E-state index >= 15 is 0 Å². The van der Waals surface area contributed by atoms with Crippen molar-refractivity contribution in [2.45, 2.75) is 50.2 Å². The number of hydrogen-bond acceptors (Lipinski definition) is 4. The average molecular weight is 388 g/mol. The lowest BCUT2D eigenvalue weighted by atomic mass is 9.99. The van der Waals surface area contributed by atoms with Gasteiger partial charge in [0, 0.05) is 0 Å². The molecule has 1 aliphatic rings. The Kier molecular flexibility index (Phi) is 5.53. The van der Waals surface area contributed by atoms with Gasteiger partial charge in [0.1, 0.15) is 5.75 Å². The highest BCUT2D eigenvalue weighted by molar-refractivity contribution is 7.89. The zero-order valence-corrected chi connectivity index (χ0v) is 16.3. The van der Waals surface area contributed by atoms with Crippen molar-refractivity contribution in [2.24, 2.45) is 5.14 Å². The zero-order valence-electron chi connectivity index (χ0n) is 15.4. The van der Waals surface area contributed by atoms with Gasteiger partial charge in [-0.05, 0) is 55.5 Å². The molecule has 27 heavy (non-hydrogen) atoms. The fourth-order valence-electron chi connectivity index (χ4n) is 3.30. The summed E-state index contributed by atoms with van der Waals surface area (Å²) in [6, 6.07) is 12.0. The number of primary sulfonamides is 1. The second-order valence-electron chi connectivity index (χ2n) is 6.84. The molecule has 0 bridgehead atoms. The maximum absolute atomic E-state index is 12.7. The van der Waals surface area contributed by atoms with Crippen LogP contribution in [0.1, 0.15) is 42.5 Å². The molecule has 0 saturated carbocycles. The summed E-state index contributed by atoms with van der Waals surface area (Å²) in [5, 5.41) is 8.18. The van der Waals surface area contributed by atoms with E-state index in [-0.39, 0.29) is 16.8 Å². The quantitative estimate of drug-likeness (QED) is 0.822. The number of hydrogen-bond donors (Lipinski definition) is 2. The number of nitrogens with two attached hydrogens (primary N) is 1. The van der Waals surface area contributed by atoms with Crippen LogP contribution in [-0.4, -0.2) is 20.4 Å². The summed E-state index contributed by atoms with van der Waals surface area (Å²) in [4.78, 5) is 12.8. The van der Waals surface area contributed by atoms with Gasteiger partial charge in [0.2, 0.25) is 10.0 Å². The van der Waals surface area contributed by atoms with E-state index < -0.39 is 16.1 Å². The Labute approximate surface area is 159 Å². The number of sulfonamides is 1. The smallest absolute Gasteiger partial charge is 0.261 e. The van der Waals surface area contributed by atoms with Gasteiger partial charge < -0.3 is 10.1 Å². The number of nitrogens with one attached hydrogen (secondary N) is 1. The fraction of sp³-hybridized carbons (Fsp3) is 0.350. The Balaban J connectivity index is 1.74. The van der Waals surface area contributed by atoms with Crippen molar-refractivity contribution < 1.29 is 17.9 Å². The Morgan fingerprint density at radius 2 is 2.07 bits per heavy atom. The van der Waals surface area contributed by atoms with Gasteiger partial charge in [0.15, 0.2) is 6.10 Å². The van der Waals surface area contributed by atoms with Gasteiger partial charge in [0.05, 0.1) is 10.9 Å². The molecule has 2 unspecified atom stereocenters. The summed E-state index contributed by atoms with van der Waals surface area (Å²) in [7, 11) is -3.79. The number of benzene rings is 2. The van der Waals surface area contributed by atoms with Crippen LogP contribution < -0.4 is 15.2 Å². The Morgan fingerprint density at radius 3 is 2.78 bits per heavy atom. The normalized spacial score (nSPS) is 17.5. The van der Waals surface area contributed by atoms with E-state index in [0.29, 0.717) is 18.4 Å². The second-order valence-corrected chi connectivity index (χ2v) is 8.40. The highest BCUT2D eigenvalue weighted by Gasteiger charge is 2.28. The summed E-state index contributed by atoms with van der Waals surface area (Å²) in [6.45, 7) is 3.95. The highest BCUT2D eigenvalue weighted by Crippen LogP contribution is 2.29. The monoisotopic (exact) mass is 388 g/mol. The van der Waals surface area contributed by atoms with Crippen molar-refractivity contribution in [1.82, 2.24) is 5.32 Å². The third kappa shape index (κ3) is 4.48. The maximum Gasteiger partial charge on any atom is 0.261 e. The van der Waals surface area contributed by atoms with Crippen molar-refractivity contribution in [2.75, 3.05) is 0 Å². The van der Waals surface area contributed by atoms with Crippen LogP contribution in [0.2, 0.25) is 0 Å². The Bertz CT molecular complexity index is 956. The molecule has 2 atom stereocenters. The lowest BCUT2D eigenvalue weighted by Crippen LogP contribution is -2.42. The van der Waals surface area contributed by atoms with Crippen LogP contribution >= 0.6 is 0 Å². The minimum atomic E-state index is -3.79. The molecule has 0 saturated heterocycles. The van der Waals surface area contributed by atoms with Gasteiger partial charge in [-0.3, -0.25) is 4.79 Å². The number of fused-ring (bicyclic) bond motifs is 1. The van der Waals surface area contributed by atoms with Crippen LogP contribution in [0.3, 0.4) is 0 Å². The molecule has 1 aliphatic heterocycles. The zero-order chi connectivity index (χ0) is 19.6. The lowest BCUT2D eigenvalue weighted by molar-refractivity contribution is -0.129. The molecule has 1 heterocycles. The lowest BCUT2D eigenvalue weighted by Gasteiger charge is -2.27. The van der Waals surface area contributed by atoms with Gasteiger partial charge in [-0.1, -0.05) is 36.8 Å². The summed E-state index contributed by atoms with van der Waals surface area (Å²) >= 11 is 0. The molecule has 3 rings (SSSR count). The first kappa shape index (κ1) is 19.4. The van der Waals surface area contributed by atoms with E-state index in [0.717, 1.165) is 17.7 Å².